The van der Waals surface area contributed by atoms with E-state index in [1.165, 1.54) is 24.2 Å². The molecule has 1 aliphatic carbocycles. The fourth-order valence-corrected chi connectivity index (χ4v) is 4.28. The van der Waals surface area contributed by atoms with Crippen LogP contribution in [0.15, 0.2) is 24.3 Å². The Morgan fingerprint density at radius 1 is 1.29 bits per heavy atom. The maximum atomic E-state index is 12.3. The molecule has 0 aliphatic heterocycles. The van der Waals surface area contributed by atoms with Gasteiger partial charge in [0.25, 0.3) is 5.91 Å². The van der Waals surface area contributed by atoms with E-state index in [9.17, 15) is 4.79 Å². The molecule has 0 saturated heterocycles. The van der Waals surface area contributed by atoms with Crippen LogP contribution in [0.25, 0.3) is 10.1 Å². The summed E-state index contributed by atoms with van der Waals surface area (Å²) in [5, 5.41) is 7.72. The van der Waals surface area contributed by atoms with Gasteiger partial charge in [-0.25, -0.2) is 0 Å². The van der Waals surface area contributed by atoms with Crippen molar-refractivity contribution in [3.8, 4) is 0 Å². The number of nitrogens with one attached hydrogen (secondary N) is 2. The highest BCUT2D eigenvalue weighted by Gasteiger charge is 2.20. The van der Waals surface area contributed by atoms with Crippen molar-refractivity contribution in [1.82, 2.24) is 10.6 Å². The summed E-state index contributed by atoms with van der Waals surface area (Å²) < 4.78 is 1.00. The molecular formula is C15H15ClN2OS2. The molecule has 110 valence electrons. The van der Waals surface area contributed by atoms with Gasteiger partial charge in [-0.3, -0.25) is 10.1 Å². The Balaban J connectivity index is 1.71. The second kappa shape index (κ2) is 6.30. The number of thiophene rings is 1. The molecule has 1 fully saturated rings. The lowest BCUT2D eigenvalue weighted by atomic mass is 10.2. The van der Waals surface area contributed by atoms with E-state index in [1.54, 1.807) is 0 Å². The van der Waals surface area contributed by atoms with E-state index in [2.05, 4.69) is 10.6 Å². The van der Waals surface area contributed by atoms with Gasteiger partial charge in [-0.15, -0.1) is 11.3 Å². The Morgan fingerprint density at radius 2 is 2.00 bits per heavy atom. The fraction of sp³-hybridized carbons (Fsp3) is 0.333. The molecule has 6 heteroatoms. The predicted molar refractivity (Wildman–Crippen MR) is 92.3 cm³/mol. The molecule has 21 heavy (non-hydrogen) atoms. The van der Waals surface area contributed by atoms with Gasteiger partial charge in [0.15, 0.2) is 5.11 Å². The standard InChI is InChI=1S/C15H15ClN2OS2/c16-12-10-7-3-4-8-11(10)21-13(12)14(19)18-15(20)17-9-5-1-2-6-9/h3-4,7-9H,1-2,5-6H2,(H2,17,18,19,20). The topological polar surface area (TPSA) is 41.1 Å². The predicted octanol–water partition coefficient (Wildman–Crippen LogP) is 4.10. The average Bonchev–Trinajstić information content (AvgIpc) is 3.07. The van der Waals surface area contributed by atoms with E-state index in [0.717, 1.165) is 22.9 Å². The molecular weight excluding hydrogens is 324 g/mol. The SMILES string of the molecule is O=C(NC(=S)NC1CCCC1)c1sc2ccccc2c1Cl. The normalized spacial score (nSPS) is 15.3. The Bertz CT molecular complexity index is 692. The van der Waals surface area contributed by atoms with Crippen molar-refractivity contribution in [2.75, 3.05) is 0 Å². The van der Waals surface area contributed by atoms with Gasteiger partial charge in [0.1, 0.15) is 4.88 Å². The van der Waals surface area contributed by atoms with Crippen molar-refractivity contribution in [1.29, 1.82) is 0 Å². The molecule has 3 nitrogen and oxygen atoms in total. The average molecular weight is 339 g/mol. The zero-order valence-electron chi connectivity index (χ0n) is 11.3. The number of carbonyl (C=O) groups is 1. The third-order valence-electron chi connectivity index (χ3n) is 3.66. The summed E-state index contributed by atoms with van der Waals surface area (Å²) in [6.07, 6.45) is 4.66. The molecule has 0 radical (unpaired) electrons. The van der Waals surface area contributed by atoms with Crippen LogP contribution in [0.5, 0.6) is 0 Å². The minimum Gasteiger partial charge on any atom is -0.360 e. The number of thiocarbonyl (C=S) groups is 1. The molecule has 1 amide bonds. The van der Waals surface area contributed by atoms with Gasteiger partial charge in [0.05, 0.1) is 5.02 Å². The quantitative estimate of drug-likeness (QED) is 0.810. The third kappa shape index (κ3) is 3.20. The van der Waals surface area contributed by atoms with Crippen molar-refractivity contribution >= 4 is 56.3 Å². The van der Waals surface area contributed by atoms with E-state index in [0.29, 0.717) is 21.1 Å². The molecule has 1 aliphatic rings. The summed E-state index contributed by atoms with van der Waals surface area (Å²) in [6.45, 7) is 0. The summed E-state index contributed by atoms with van der Waals surface area (Å²) in [4.78, 5) is 12.8. The summed E-state index contributed by atoms with van der Waals surface area (Å²) >= 11 is 12.9. The van der Waals surface area contributed by atoms with Crippen LogP contribution >= 0.6 is 35.2 Å². The van der Waals surface area contributed by atoms with Gasteiger partial charge >= 0.3 is 0 Å². The van der Waals surface area contributed by atoms with Crippen LogP contribution in [0.4, 0.5) is 0 Å². The first kappa shape index (κ1) is 14.8. The smallest absolute Gasteiger partial charge is 0.269 e. The van der Waals surface area contributed by atoms with Gasteiger partial charge in [0.2, 0.25) is 0 Å². The van der Waals surface area contributed by atoms with Gasteiger partial charge in [-0.2, -0.15) is 0 Å². The van der Waals surface area contributed by atoms with Crippen molar-refractivity contribution in [3.05, 3.63) is 34.2 Å². The molecule has 0 unspecified atom stereocenters. The highest BCUT2D eigenvalue weighted by Crippen LogP contribution is 2.34. The van der Waals surface area contributed by atoms with Crippen molar-refractivity contribution < 1.29 is 4.79 Å². The van der Waals surface area contributed by atoms with E-state index >= 15 is 0 Å². The van der Waals surface area contributed by atoms with E-state index in [-0.39, 0.29) is 5.91 Å². The number of hydrogen-bond donors (Lipinski definition) is 2. The molecule has 2 aromatic rings. The number of amides is 1. The largest absolute Gasteiger partial charge is 0.360 e. The first-order chi connectivity index (χ1) is 10.1. The van der Waals surface area contributed by atoms with Gasteiger partial charge < -0.3 is 5.32 Å². The minimum atomic E-state index is -0.239. The molecule has 0 atom stereocenters. The highest BCUT2D eigenvalue weighted by molar-refractivity contribution is 7.80. The van der Waals surface area contributed by atoms with Crippen LogP contribution in [-0.2, 0) is 0 Å². The van der Waals surface area contributed by atoms with Crippen LogP contribution in [0.3, 0.4) is 0 Å². The molecule has 1 aromatic heterocycles. The Hall–Kier alpha value is -1.17. The van der Waals surface area contributed by atoms with Crippen molar-refractivity contribution in [3.63, 3.8) is 0 Å². The Kier molecular flexibility index (Phi) is 4.42. The van der Waals surface area contributed by atoms with Crippen LogP contribution in [0.2, 0.25) is 5.02 Å². The molecule has 0 bridgehead atoms. The number of rotatable bonds is 2. The van der Waals surface area contributed by atoms with E-state index < -0.39 is 0 Å². The summed E-state index contributed by atoms with van der Waals surface area (Å²) in [7, 11) is 0. The van der Waals surface area contributed by atoms with Gasteiger partial charge in [-0.05, 0) is 31.1 Å². The van der Waals surface area contributed by atoms with Gasteiger partial charge in [-0.1, -0.05) is 42.6 Å². The first-order valence-corrected chi connectivity index (χ1v) is 8.54. The van der Waals surface area contributed by atoms with E-state index in [1.807, 2.05) is 24.3 Å². The van der Waals surface area contributed by atoms with Gasteiger partial charge in [0, 0.05) is 16.1 Å². The zero-order chi connectivity index (χ0) is 14.8. The number of fused-ring (bicyclic) bond motifs is 1. The molecule has 1 aromatic carbocycles. The molecule has 1 heterocycles. The second-order valence-electron chi connectivity index (χ2n) is 5.15. The van der Waals surface area contributed by atoms with Crippen LogP contribution in [0, 0.1) is 0 Å². The summed E-state index contributed by atoms with van der Waals surface area (Å²) in [6, 6.07) is 8.10. The number of carbonyl (C=O) groups excluding carboxylic acids is 1. The molecule has 3 rings (SSSR count). The third-order valence-corrected chi connectivity index (χ3v) is 5.55. The van der Waals surface area contributed by atoms with Crippen molar-refractivity contribution in [2.24, 2.45) is 0 Å². The van der Waals surface area contributed by atoms with Crippen molar-refractivity contribution in [2.45, 2.75) is 31.7 Å². The Morgan fingerprint density at radius 3 is 2.71 bits per heavy atom. The maximum Gasteiger partial charge on any atom is 0.269 e. The minimum absolute atomic E-state index is 0.239. The summed E-state index contributed by atoms with van der Waals surface area (Å²) in [5.74, 6) is -0.239. The fourth-order valence-electron chi connectivity index (χ4n) is 2.61. The number of halogens is 1. The van der Waals surface area contributed by atoms with Crippen LogP contribution < -0.4 is 10.6 Å². The number of benzene rings is 1. The first-order valence-electron chi connectivity index (χ1n) is 6.94. The maximum absolute atomic E-state index is 12.3. The number of hydrogen-bond acceptors (Lipinski definition) is 3. The molecule has 0 spiro atoms. The lowest BCUT2D eigenvalue weighted by Gasteiger charge is -2.14. The Labute approximate surface area is 137 Å². The zero-order valence-corrected chi connectivity index (χ0v) is 13.7. The van der Waals surface area contributed by atoms with Crippen LogP contribution in [0.1, 0.15) is 35.4 Å². The summed E-state index contributed by atoms with van der Waals surface area (Å²) in [5.41, 5.74) is 0. The monoisotopic (exact) mass is 338 g/mol. The lowest BCUT2D eigenvalue weighted by molar-refractivity contribution is 0.0980. The molecule has 1 saturated carbocycles. The van der Waals surface area contributed by atoms with E-state index in [4.69, 9.17) is 23.8 Å². The van der Waals surface area contributed by atoms with Crippen LogP contribution in [-0.4, -0.2) is 17.1 Å². The lowest BCUT2D eigenvalue weighted by Crippen LogP contribution is -2.43. The molecule has 2 N–H and O–H groups in total. The second-order valence-corrected chi connectivity index (χ2v) is 6.99. The highest BCUT2D eigenvalue weighted by atomic mass is 35.5.